The van der Waals surface area contributed by atoms with E-state index < -0.39 is 0 Å². The molecule has 0 saturated carbocycles. The van der Waals surface area contributed by atoms with Crippen LogP contribution >= 0.6 is 11.8 Å². The minimum absolute atomic E-state index is 0.0246. The lowest BCUT2D eigenvalue weighted by atomic mass is 10.1. The number of esters is 1. The summed E-state index contributed by atoms with van der Waals surface area (Å²) in [5.41, 5.74) is 0. The van der Waals surface area contributed by atoms with Gasteiger partial charge in [0, 0.05) is 32.8 Å². The van der Waals surface area contributed by atoms with Crippen LogP contribution in [0.25, 0.3) is 0 Å². The van der Waals surface area contributed by atoms with Crippen molar-refractivity contribution in [3.05, 3.63) is 0 Å². The highest BCUT2D eigenvalue weighted by Crippen LogP contribution is 2.14. The van der Waals surface area contributed by atoms with Gasteiger partial charge in [0.25, 0.3) is 0 Å². The maximum atomic E-state index is 11.9. The van der Waals surface area contributed by atoms with Crippen molar-refractivity contribution in [2.75, 3.05) is 26.5 Å². The summed E-state index contributed by atoms with van der Waals surface area (Å²) >= 11 is 1.42. The topological polar surface area (TPSA) is 90.2 Å². The van der Waals surface area contributed by atoms with Crippen LogP contribution in [-0.4, -0.2) is 63.4 Å². The second kappa shape index (κ2) is 7.83. The molecule has 1 amide bonds. The summed E-state index contributed by atoms with van der Waals surface area (Å²) < 4.78 is 6.18. The van der Waals surface area contributed by atoms with Gasteiger partial charge in [0.2, 0.25) is 11.1 Å². The molecule has 0 saturated heterocycles. The highest BCUT2D eigenvalue weighted by atomic mass is 32.2. The molecule has 1 aromatic heterocycles. The van der Waals surface area contributed by atoms with E-state index in [0.29, 0.717) is 23.9 Å². The quantitative estimate of drug-likeness (QED) is 0.515. The number of aromatic nitrogens is 4. The number of rotatable bonds is 7. The average Bonchev–Trinajstić information content (AvgIpc) is 2.83. The van der Waals surface area contributed by atoms with Crippen LogP contribution in [0.4, 0.5) is 0 Å². The molecular weight excluding hydrogens is 282 g/mol. The van der Waals surface area contributed by atoms with Gasteiger partial charge in [-0.15, -0.1) is 5.10 Å². The third-order valence-corrected chi connectivity index (χ3v) is 3.72. The van der Waals surface area contributed by atoms with Gasteiger partial charge in [0.05, 0.1) is 13.0 Å². The Morgan fingerprint density at radius 1 is 1.50 bits per heavy atom. The molecule has 8 nitrogen and oxygen atoms in total. The first kappa shape index (κ1) is 16.4. The summed E-state index contributed by atoms with van der Waals surface area (Å²) in [7, 11) is 4.76. The first-order chi connectivity index (χ1) is 9.45. The van der Waals surface area contributed by atoms with Gasteiger partial charge in [0.15, 0.2) is 0 Å². The molecule has 1 heterocycles. The molecule has 1 aromatic rings. The van der Waals surface area contributed by atoms with Crippen LogP contribution in [0.5, 0.6) is 0 Å². The third-order valence-electron chi connectivity index (χ3n) is 2.71. The second-order valence-electron chi connectivity index (χ2n) is 4.38. The second-order valence-corrected chi connectivity index (χ2v) is 5.44. The van der Waals surface area contributed by atoms with Crippen molar-refractivity contribution in [2.24, 2.45) is 13.0 Å². The lowest BCUT2D eigenvalue weighted by Gasteiger charge is -2.20. The zero-order valence-electron chi connectivity index (χ0n) is 12.1. The number of ether oxygens (including phenoxy) is 1. The number of nitrogens with zero attached hydrogens (tertiary/aromatic N) is 5. The van der Waals surface area contributed by atoms with Crippen LogP contribution < -0.4 is 0 Å². The highest BCUT2D eigenvalue weighted by molar-refractivity contribution is 7.99. The predicted molar refractivity (Wildman–Crippen MR) is 73.0 cm³/mol. The Balaban J connectivity index is 2.31. The number of methoxy groups -OCH3 is 1. The Hall–Kier alpha value is -1.64. The van der Waals surface area contributed by atoms with Gasteiger partial charge < -0.3 is 9.64 Å². The number of carbonyl (C=O) groups is 2. The first-order valence-electron chi connectivity index (χ1n) is 6.12. The molecule has 112 valence electrons. The van der Waals surface area contributed by atoms with Crippen molar-refractivity contribution in [2.45, 2.75) is 18.5 Å². The van der Waals surface area contributed by atoms with Gasteiger partial charge >= 0.3 is 5.97 Å². The van der Waals surface area contributed by atoms with Gasteiger partial charge in [-0.05, 0) is 10.4 Å². The van der Waals surface area contributed by atoms with E-state index in [-0.39, 0.29) is 17.8 Å². The molecule has 0 aliphatic carbocycles. The maximum Gasteiger partial charge on any atom is 0.310 e. The van der Waals surface area contributed by atoms with Crippen LogP contribution in [0.2, 0.25) is 0 Å². The van der Waals surface area contributed by atoms with E-state index in [4.69, 9.17) is 0 Å². The van der Waals surface area contributed by atoms with E-state index in [1.807, 2.05) is 0 Å². The fourth-order valence-corrected chi connectivity index (χ4v) is 2.33. The van der Waals surface area contributed by atoms with Crippen molar-refractivity contribution in [1.82, 2.24) is 25.1 Å². The summed E-state index contributed by atoms with van der Waals surface area (Å²) in [5.74, 6) is -0.0821. The molecule has 1 rings (SSSR count). The Kier molecular flexibility index (Phi) is 6.43. The van der Waals surface area contributed by atoms with Crippen LogP contribution in [0.3, 0.4) is 0 Å². The molecule has 0 aliphatic rings. The van der Waals surface area contributed by atoms with Crippen LogP contribution in [-0.2, 0) is 21.4 Å². The molecule has 1 unspecified atom stereocenters. The van der Waals surface area contributed by atoms with Gasteiger partial charge in [-0.3, -0.25) is 9.59 Å². The van der Waals surface area contributed by atoms with Crippen molar-refractivity contribution >= 4 is 23.6 Å². The van der Waals surface area contributed by atoms with Crippen LogP contribution in [0, 0.1) is 5.92 Å². The highest BCUT2D eigenvalue weighted by Gasteiger charge is 2.18. The van der Waals surface area contributed by atoms with Crippen molar-refractivity contribution < 1.29 is 14.3 Å². The van der Waals surface area contributed by atoms with Crippen molar-refractivity contribution in [3.63, 3.8) is 0 Å². The summed E-state index contributed by atoms with van der Waals surface area (Å²) in [4.78, 5) is 24.7. The van der Waals surface area contributed by atoms with E-state index >= 15 is 0 Å². The minimum atomic E-state index is -0.329. The minimum Gasteiger partial charge on any atom is -0.469 e. The SMILES string of the molecule is COC(=O)C(C)CN(C)C(=O)CCSc1nnnn1C. The summed E-state index contributed by atoms with van der Waals surface area (Å²) in [6.07, 6.45) is 0.363. The molecule has 0 bridgehead atoms. The number of tetrazole rings is 1. The molecule has 9 heteroatoms. The Labute approximate surface area is 121 Å². The van der Waals surface area contributed by atoms with Crippen molar-refractivity contribution in [3.8, 4) is 0 Å². The standard InChI is InChI=1S/C11H19N5O3S/c1-8(10(18)19-4)7-15(2)9(17)5-6-20-11-12-13-14-16(11)3/h8H,5-7H2,1-4H3. The van der Waals surface area contributed by atoms with Crippen LogP contribution in [0.15, 0.2) is 5.16 Å². The monoisotopic (exact) mass is 301 g/mol. The molecule has 20 heavy (non-hydrogen) atoms. The molecule has 0 N–H and O–H groups in total. The average molecular weight is 301 g/mol. The molecular formula is C11H19N5O3S. The molecule has 0 fully saturated rings. The largest absolute Gasteiger partial charge is 0.469 e. The first-order valence-corrected chi connectivity index (χ1v) is 7.11. The van der Waals surface area contributed by atoms with E-state index in [0.717, 1.165) is 0 Å². The molecule has 0 aromatic carbocycles. The number of aryl methyl sites for hydroxylation is 1. The van der Waals surface area contributed by atoms with Gasteiger partial charge in [-0.2, -0.15) is 0 Å². The fraction of sp³-hybridized carbons (Fsp3) is 0.727. The van der Waals surface area contributed by atoms with Gasteiger partial charge in [-0.1, -0.05) is 18.7 Å². The summed E-state index contributed by atoms with van der Waals surface area (Å²) in [5, 5.41) is 11.7. The molecule has 0 aliphatic heterocycles. The summed E-state index contributed by atoms with van der Waals surface area (Å²) in [6, 6.07) is 0. The number of amides is 1. The Morgan fingerprint density at radius 2 is 2.20 bits per heavy atom. The summed E-state index contributed by atoms with van der Waals surface area (Å²) in [6.45, 7) is 2.08. The van der Waals surface area contributed by atoms with E-state index in [9.17, 15) is 9.59 Å². The molecule has 1 atom stereocenters. The lowest BCUT2D eigenvalue weighted by molar-refractivity contribution is -0.146. The lowest BCUT2D eigenvalue weighted by Crippen LogP contribution is -2.34. The smallest absolute Gasteiger partial charge is 0.310 e. The van der Waals surface area contributed by atoms with Crippen molar-refractivity contribution in [1.29, 1.82) is 0 Å². The molecule has 0 radical (unpaired) electrons. The zero-order chi connectivity index (χ0) is 15.1. The third kappa shape index (κ3) is 4.80. The number of carbonyl (C=O) groups excluding carboxylic acids is 2. The van der Waals surface area contributed by atoms with Gasteiger partial charge in [0.1, 0.15) is 0 Å². The number of hydrogen-bond donors (Lipinski definition) is 0. The van der Waals surface area contributed by atoms with Gasteiger partial charge in [-0.25, -0.2) is 4.68 Å². The number of hydrogen-bond acceptors (Lipinski definition) is 7. The fourth-order valence-electron chi connectivity index (χ4n) is 1.55. The Bertz CT molecular complexity index is 465. The zero-order valence-corrected chi connectivity index (χ0v) is 12.9. The van der Waals surface area contributed by atoms with E-state index in [2.05, 4.69) is 20.3 Å². The van der Waals surface area contributed by atoms with E-state index in [1.165, 1.54) is 23.8 Å². The number of thioether (sulfide) groups is 1. The normalized spacial score (nSPS) is 12.0. The molecule has 0 spiro atoms. The van der Waals surface area contributed by atoms with E-state index in [1.54, 1.807) is 25.7 Å². The predicted octanol–water partition coefficient (Wildman–Crippen LogP) is -0.0402. The van der Waals surface area contributed by atoms with Crippen LogP contribution in [0.1, 0.15) is 13.3 Å². The Morgan fingerprint density at radius 3 is 2.75 bits per heavy atom. The maximum absolute atomic E-state index is 11.9.